The zero-order chi connectivity index (χ0) is 19.3. The molecule has 4 rings (SSSR count). The highest BCUT2D eigenvalue weighted by Crippen LogP contribution is 2.28. The van der Waals surface area contributed by atoms with Crippen molar-refractivity contribution >= 4 is 44.9 Å². The fourth-order valence-electron chi connectivity index (χ4n) is 3.03. The van der Waals surface area contributed by atoms with Crippen LogP contribution in [-0.2, 0) is 11.2 Å². The number of amides is 1. The van der Waals surface area contributed by atoms with E-state index in [0.29, 0.717) is 11.6 Å². The number of fused-ring (bicyclic) bond motifs is 1. The average Bonchev–Trinajstić information content (AvgIpc) is 3.17. The topological polar surface area (TPSA) is 42.0 Å². The summed E-state index contributed by atoms with van der Waals surface area (Å²) >= 11 is 3.25. The number of carbonyl (C=O) groups excluding carboxylic acids is 1. The molecular formula is C23H20N2OS2. The van der Waals surface area contributed by atoms with Crippen molar-refractivity contribution in [1.82, 2.24) is 4.98 Å². The van der Waals surface area contributed by atoms with Crippen LogP contribution in [0.5, 0.6) is 0 Å². The lowest BCUT2D eigenvalue weighted by atomic mass is 10.1. The molecule has 0 spiro atoms. The van der Waals surface area contributed by atoms with E-state index in [-0.39, 0.29) is 5.91 Å². The number of hydrogen-bond acceptors (Lipinski definition) is 4. The molecule has 0 saturated heterocycles. The van der Waals surface area contributed by atoms with Crippen LogP contribution >= 0.6 is 23.1 Å². The highest BCUT2D eigenvalue weighted by atomic mass is 32.2. The van der Waals surface area contributed by atoms with Crippen molar-refractivity contribution in [2.45, 2.75) is 18.2 Å². The van der Waals surface area contributed by atoms with Crippen molar-refractivity contribution in [3.8, 4) is 11.3 Å². The van der Waals surface area contributed by atoms with E-state index in [1.807, 2.05) is 29.6 Å². The number of thioether (sulfide) groups is 1. The number of rotatable bonds is 6. The number of anilines is 1. The molecule has 5 heteroatoms. The Kier molecular flexibility index (Phi) is 5.74. The van der Waals surface area contributed by atoms with Crippen molar-refractivity contribution in [1.29, 1.82) is 0 Å². The normalized spacial score (nSPS) is 10.9. The van der Waals surface area contributed by atoms with E-state index >= 15 is 0 Å². The van der Waals surface area contributed by atoms with Gasteiger partial charge in [0.2, 0.25) is 5.91 Å². The lowest BCUT2D eigenvalue weighted by Crippen LogP contribution is -2.14. The Balaban J connectivity index is 1.42. The summed E-state index contributed by atoms with van der Waals surface area (Å²) in [6, 6.07) is 22.7. The molecular weight excluding hydrogens is 384 g/mol. The summed E-state index contributed by atoms with van der Waals surface area (Å²) in [6.07, 6.45) is 0.349. The highest BCUT2D eigenvalue weighted by molar-refractivity contribution is 7.99. The van der Waals surface area contributed by atoms with Gasteiger partial charge in [-0.05, 0) is 40.3 Å². The summed E-state index contributed by atoms with van der Waals surface area (Å²) in [4.78, 5) is 18.2. The molecule has 28 heavy (non-hydrogen) atoms. The third kappa shape index (κ3) is 4.43. The van der Waals surface area contributed by atoms with Crippen LogP contribution in [0.4, 0.5) is 5.13 Å². The zero-order valence-corrected chi connectivity index (χ0v) is 17.1. The number of hydrogen-bond donors (Lipinski definition) is 1. The third-order valence-corrected chi connectivity index (χ3v) is 6.05. The Hall–Kier alpha value is -2.63. The van der Waals surface area contributed by atoms with Crippen molar-refractivity contribution in [2.24, 2.45) is 0 Å². The molecule has 0 aliphatic carbocycles. The van der Waals surface area contributed by atoms with E-state index in [4.69, 9.17) is 0 Å². The Morgan fingerprint density at radius 1 is 1.04 bits per heavy atom. The lowest BCUT2D eigenvalue weighted by Gasteiger charge is -2.04. The Bertz CT molecular complexity index is 1100. The fraction of sp³-hybridized carbons (Fsp3) is 0.130. The minimum Gasteiger partial charge on any atom is -0.302 e. The van der Waals surface area contributed by atoms with Gasteiger partial charge in [-0.25, -0.2) is 4.98 Å². The van der Waals surface area contributed by atoms with Crippen LogP contribution in [0, 0.1) is 0 Å². The second-order valence-corrected chi connectivity index (χ2v) is 8.60. The number of benzene rings is 3. The predicted molar refractivity (Wildman–Crippen MR) is 120 cm³/mol. The number of aromatic nitrogens is 1. The second-order valence-electron chi connectivity index (χ2n) is 6.40. The Morgan fingerprint density at radius 3 is 2.61 bits per heavy atom. The number of nitrogens with zero attached hydrogens (tertiary/aromatic N) is 1. The number of nitrogens with one attached hydrogen (secondary N) is 1. The van der Waals surface area contributed by atoms with E-state index in [2.05, 4.69) is 59.7 Å². The first-order valence-electron chi connectivity index (χ1n) is 9.17. The van der Waals surface area contributed by atoms with E-state index in [1.165, 1.54) is 27.0 Å². The summed E-state index contributed by atoms with van der Waals surface area (Å²) in [5.41, 5.74) is 2.94. The van der Waals surface area contributed by atoms with E-state index < -0.39 is 0 Å². The molecule has 1 heterocycles. The molecule has 3 aromatic carbocycles. The van der Waals surface area contributed by atoms with Gasteiger partial charge in [-0.2, -0.15) is 0 Å². The van der Waals surface area contributed by atoms with Crippen molar-refractivity contribution in [3.05, 3.63) is 77.7 Å². The molecule has 1 aromatic heterocycles. The van der Waals surface area contributed by atoms with Crippen LogP contribution in [0.1, 0.15) is 12.5 Å². The zero-order valence-electron chi connectivity index (χ0n) is 15.5. The molecule has 140 valence electrons. The van der Waals surface area contributed by atoms with Gasteiger partial charge in [-0.15, -0.1) is 23.1 Å². The van der Waals surface area contributed by atoms with E-state index in [9.17, 15) is 4.79 Å². The van der Waals surface area contributed by atoms with Crippen LogP contribution in [0.3, 0.4) is 0 Å². The Labute approximate surface area is 172 Å². The molecule has 1 N–H and O–H groups in total. The number of thiazole rings is 1. The summed E-state index contributed by atoms with van der Waals surface area (Å²) in [7, 11) is 0. The summed E-state index contributed by atoms with van der Waals surface area (Å²) < 4.78 is 0. The molecule has 0 fully saturated rings. The van der Waals surface area contributed by atoms with Crippen LogP contribution < -0.4 is 5.32 Å². The molecule has 1 amide bonds. The van der Waals surface area contributed by atoms with Gasteiger partial charge in [-0.3, -0.25) is 4.79 Å². The first-order chi connectivity index (χ1) is 13.7. The van der Waals surface area contributed by atoms with E-state index in [0.717, 1.165) is 22.6 Å². The smallest absolute Gasteiger partial charge is 0.230 e. The minimum atomic E-state index is -0.0460. The molecule has 0 saturated carbocycles. The highest BCUT2D eigenvalue weighted by Gasteiger charge is 2.09. The Morgan fingerprint density at radius 2 is 1.82 bits per heavy atom. The van der Waals surface area contributed by atoms with Crippen LogP contribution in [0.15, 0.2) is 77.0 Å². The van der Waals surface area contributed by atoms with Gasteiger partial charge in [0.1, 0.15) is 0 Å². The standard InChI is InChI=1S/C23H20N2OS2/c1-2-27-20-11-7-16(8-12-20)13-22(26)25-23-24-21(15-28-23)19-10-9-17-5-3-4-6-18(17)14-19/h3-12,14-15H,2,13H2,1H3,(H,24,25,26). The van der Waals surface area contributed by atoms with Crippen molar-refractivity contribution in [2.75, 3.05) is 11.1 Å². The van der Waals surface area contributed by atoms with Gasteiger partial charge in [0, 0.05) is 15.8 Å². The molecule has 0 bridgehead atoms. The summed E-state index contributed by atoms with van der Waals surface area (Å²) in [5.74, 6) is 0.999. The second kappa shape index (κ2) is 8.59. The van der Waals surface area contributed by atoms with Crippen molar-refractivity contribution < 1.29 is 4.79 Å². The third-order valence-electron chi connectivity index (χ3n) is 4.39. The maximum atomic E-state index is 12.4. The quantitative estimate of drug-likeness (QED) is 0.386. The van der Waals surface area contributed by atoms with Gasteiger partial charge >= 0.3 is 0 Å². The summed E-state index contributed by atoms with van der Waals surface area (Å²) in [5, 5.41) is 7.92. The first-order valence-corrected chi connectivity index (χ1v) is 11.0. The SMILES string of the molecule is CCSc1ccc(CC(=O)Nc2nc(-c3ccc4ccccc4c3)cs2)cc1. The maximum absolute atomic E-state index is 12.4. The minimum absolute atomic E-state index is 0.0460. The first kappa shape index (κ1) is 18.7. The van der Waals surface area contributed by atoms with Gasteiger partial charge in [0.15, 0.2) is 5.13 Å². The molecule has 0 unspecified atom stereocenters. The van der Waals surface area contributed by atoms with Gasteiger partial charge < -0.3 is 5.32 Å². The van der Waals surface area contributed by atoms with Gasteiger partial charge in [-0.1, -0.05) is 55.5 Å². The summed E-state index contributed by atoms with van der Waals surface area (Å²) in [6.45, 7) is 2.13. The lowest BCUT2D eigenvalue weighted by molar-refractivity contribution is -0.115. The fourth-order valence-corrected chi connectivity index (χ4v) is 4.43. The van der Waals surface area contributed by atoms with Crippen LogP contribution in [0.2, 0.25) is 0 Å². The molecule has 0 aliphatic heterocycles. The number of carbonyl (C=O) groups is 1. The molecule has 4 aromatic rings. The molecule has 0 aliphatic rings. The molecule has 3 nitrogen and oxygen atoms in total. The average molecular weight is 405 g/mol. The monoisotopic (exact) mass is 404 g/mol. The van der Waals surface area contributed by atoms with Crippen LogP contribution in [-0.4, -0.2) is 16.6 Å². The largest absolute Gasteiger partial charge is 0.302 e. The predicted octanol–water partition coefficient (Wildman–Crippen LogP) is 6.26. The molecule has 0 atom stereocenters. The van der Waals surface area contributed by atoms with Gasteiger partial charge in [0.25, 0.3) is 0 Å². The van der Waals surface area contributed by atoms with Gasteiger partial charge in [0.05, 0.1) is 12.1 Å². The van der Waals surface area contributed by atoms with E-state index in [1.54, 1.807) is 11.8 Å². The molecule has 0 radical (unpaired) electrons. The maximum Gasteiger partial charge on any atom is 0.230 e. The van der Waals surface area contributed by atoms with Crippen molar-refractivity contribution in [3.63, 3.8) is 0 Å². The van der Waals surface area contributed by atoms with Crippen LogP contribution in [0.25, 0.3) is 22.0 Å².